The Balaban J connectivity index is 1.74. The van der Waals surface area contributed by atoms with E-state index < -0.39 is 40.5 Å². The zero-order valence-electron chi connectivity index (χ0n) is 18.3. The molecule has 0 saturated carbocycles. The topological polar surface area (TPSA) is 83.6 Å². The number of fused-ring (bicyclic) bond motifs is 1. The second kappa shape index (κ2) is 8.79. The first kappa shape index (κ1) is 23.8. The Morgan fingerprint density at radius 1 is 1.11 bits per heavy atom. The molecule has 0 unspecified atom stereocenters. The van der Waals surface area contributed by atoms with Crippen LogP contribution in [-0.4, -0.2) is 20.7 Å². The molecule has 0 aliphatic heterocycles. The zero-order chi connectivity index (χ0) is 25.5. The number of aromatic nitrogens is 3. The smallest absolute Gasteiger partial charge is 0.319 e. The quantitative estimate of drug-likeness (QED) is 0.386. The third kappa shape index (κ3) is 4.55. The van der Waals surface area contributed by atoms with Gasteiger partial charge < -0.3 is 5.32 Å². The molecular formula is C24H16F5N5O. The second-order valence-corrected chi connectivity index (χ2v) is 7.76. The predicted molar refractivity (Wildman–Crippen MR) is 117 cm³/mol. The van der Waals surface area contributed by atoms with Gasteiger partial charge in [-0.25, -0.2) is 13.8 Å². The Morgan fingerprint density at radius 2 is 1.80 bits per heavy atom. The number of carbonyl (C=O) groups is 1. The highest BCUT2D eigenvalue weighted by Gasteiger charge is 2.34. The van der Waals surface area contributed by atoms with Gasteiger partial charge in [0.1, 0.15) is 5.69 Å². The third-order valence-electron chi connectivity index (χ3n) is 5.46. The molecule has 178 valence electrons. The Labute approximate surface area is 195 Å². The highest BCUT2D eigenvalue weighted by atomic mass is 19.4. The van der Waals surface area contributed by atoms with Gasteiger partial charge in [0.2, 0.25) is 0 Å². The lowest BCUT2D eigenvalue weighted by atomic mass is 10.1. The Bertz CT molecular complexity index is 1520. The van der Waals surface area contributed by atoms with Crippen molar-refractivity contribution in [1.82, 2.24) is 14.8 Å². The highest BCUT2D eigenvalue weighted by molar-refractivity contribution is 6.12. The fourth-order valence-corrected chi connectivity index (χ4v) is 3.70. The summed E-state index contributed by atoms with van der Waals surface area (Å²) in [6, 6.07) is 10.6. The number of rotatable bonds is 4. The molecule has 2 aromatic carbocycles. The van der Waals surface area contributed by atoms with Crippen molar-refractivity contribution in [3.8, 4) is 6.07 Å². The van der Waals surface area contributed by atoms with Crippen molar-refractivity contribution < 1.29 is 26.7 Å². The number of hydrogen-bond donors (Lipinski definition) is 1. The van der Waals surface area contributed by atoms with Crippen LogP contribution in [0, 0.1) is 36.8 Å². The Kier molecular flexibility index (Phi) is 5.98. The van der Waals surface area contributed by atoms with E-state index in [0.717, 1.165) is 0 Å². The summed E-state index contributed by atoms with van der Waals surface area (Å²) >= 11 is 0. The van der Waals surface area contributed by atoms with Crippen molar-refractivity contribution in [2.75, 3.05) is 5.32 Å². The molecule has 0 radical (unpaired) electrons. The molecule has 11 heteroatoms. The van der Waals surface area contributed by atoms with E-state index >= 15 is 0 Å². The van der Waals surface area contributed by atoms with E-state index in [1.807, 2.05) is 0 Å². The summed E-state index contributed by atoms with van der Waals surface area (Å²) in [7, 11) is 0. The lowest BCUT2D eigenvalue weighted by molar-refractivity contribution is -0.140. The van der Waals surface area contributed by atoms with E-state index in [1.165, 1.54) is 0 Å². The molecule has 0 aliphatic rings. The third-order valence-corrected chi connectivity index (χ3v) is 5.46. The van der Waals surface area contributed by atoms with Gasteiger partial charge >= 0.3 is 6.18 Å². The van der Waals surface area contributed by atoms with Crippen molar-refractivity contribution in [2.45, 2.75) is 26.6 Å². The van der Waals surface area contributed by atoms with E-state index in [2.05, 4.69) is 21.5 Å². The number of nitriles is 1. The van der Waals surface area contributed by atoms with Crippen LogP contribution in [0.4, 0.5) is 27.6 Å². The zero-order valence-corrected chi connectivity index (χ0v) is 18.3. The molecule has 0 bridgehead atoms. The van der Waals surface area contributed by atoms with Crippen LogP contribution in [0.2, 0.25) is 0 Å². The highest BCUT2D eigenvalue weighted by Crippen LogP contribution is 2.32. The minimum atomic E-state index is -4.92. The van der Waals surface area contributed by atoms with Gasteiger partial charge in [0.05, 0.1) is 46.3 Å². The Morgan fingerprint density at radius 3 is 2.49 bits per heavy atom. The average Bonchev–Trinajstić information content (AvgIpc) is 3.06. The lowest BCUT2D eigenvalue weighted by Crippen LogP contribution is -2.17. The van der Waals surface area contributed by atoms with E-state index in [0.29, 0.717) is 40.7 Å². The number of hydrogen-bond acceptors (Lipinski definition) is 4. The predicted octanol–water partition coefficient (Wildman–Crippen LogP) is 5.52. The normalized spacial score (nSPS) is 11.5. The van der Waals surface area contributed by atoms with Gasteiger partial charge in [-0.2, -0.15) is 23.5 Å². The lowest BCUT2D eigenvalue weighted by Gasteiger charge is -2.13. The van der Waals surface area contributed by atoms with Crippen molar-refractivity contribution in [2.24, 2.45) is 0 Å². The summed E-state index contributed by atoms with van der Waals surface area (Å²) in [6.45, 7) is 3.45. The molecule has 0 fully saturated rings. The van der Waals surface area contributed by atoms with Crippen molar-refractivity contribution in [3.63, 3.8) is 0 Å². The minimum Gasteiger partial charge on any atom is -0.319 e. The average molecular weight is 485 g/mol. The van der Waals surface area contributed by atoms with E-state index in [9.17, 15) is 32.0 Å². The monoisotopic (exact) mass is 485 g/mol. The first-order valence-electron chi connectivity index (χ1n) is 10.2. The van der Waals surface area contributed by atoms with Gasteiger partial charge in [-0.15, -0.1) is 0 Å². The number of nitrogens with zero attached hydrogens (tertiary/aromatic N) is 4. The second-order valence-electron chi connectivity index (χ2n) is 7.76. The molecule has 4 aromatic rings. The van der Waals surface area contributed by atoms with Crippen molar-refractivity contribution >= 4 is 22.5 Å². The van der Waals surface area contributed by atoms with Crippen LogP contribution in [0.5, 0.6) is 0 Å². The number of halogens is 5. The maximum absolute atomic E-state index is 13.9. The van der Waals surface area contributed by atoms with Gasteiger partial charge in [0.15, 0.2) is 11.6 Å². The summed E-state index contributed by atoms with van der Waals surface area (Å²) in [5, 5.41) is 15.9. The maximum Gasteiger partial charge on any atom is 0.433 e. The summed E-state index contributed by atoms with van der Waals surface area (Å²) in [5.74, 6) is -3.69. The van der Waals surface area contributed by atoms with Crippen LogP contribution < -0.4 is 5.32 Å². The molecule has 1 N–H and O–H groups in total. The van der Waals surface area contributed by atoms with Crippen LogP contribution in [0.1, 0.15) is 38.6 Å². The molecule has 4 rings (SSSR count). The number of aryl methyl sites for hydroxylation is 1. The SMILES string of the molecule is Cc1nn(Cc2ccccc2C#N)c(C)c1NC(=O)c1cc(C(F)(F)F)nc2cc(F)c(F)cc12. The number of nitrogens with one attached hydrogen (secondary N) is 1. The molecule has 35 heavy (non-hydrogen) atoms. The van der Waals surface area contributed by atoms with Crippen LogP contribution in [0.15, 0.2) is 42.5 Å². The van der Waals surface area contributed by atoms with E-state index in [1.54, 1.807) is 42.8 Å². The van der Waals surface area contributed by atoms with Crippen molar-refractivity contribution in [1.29, 1.82) is 5.26 Å². The summed E-state index contributed by atoms with van der Waals surface area (Å²) in [5.41, 5.74) is -0.228. The molecular weight excluding hydrogens is 469 g/mol. The van der Waals surface area contributed by atoms with Gasteiger partial charge in [-0.1, -0.05) is 18.2 Å². The van der Waals surface area contributed by atoms with Crippen LogP contribution in [0.25, 0.3) is 10.9 Å². The summed E-state index contributed by atoms with van der Waals surface area (Å²) < 4.78 is 69.2. The maximum atomic E-state index is 13.9. The molecule has 2 aromatic heterocycles. The first-order valence-corrected chi connectivity index (χ1v) is 10.2. The molecule has 0 aliphatic carbocycles. The molecule has 0 atom stereocenters. The van der Waals surface area contributed by atoms with Crippen LogP contribution >= 0.6 is 0 Å². The standard InChI is InChI=1S/C24H16F5N5O/c1-12-22(13(2)34(33-12)11-15-6-4-3-5-14(15)10-30)32-23(35)17-8-21(24(27,28)29)31-20-9-19(26)18(25)7-16(17)20/h3-9H,11H2,1-2H3,(H,32,35). The summed E-state index contributed by atoms with van der Waals surface area (Å²) in [4.78, 5) is 16.4. The summed E-state index contributed by atoms with van der Waals surface area (Å²) in [6.07, 6.45) is -4.92. The molecule has 0 spiro atoms. The fourth-order valence-electron chi connectivity index (χ4n) is 3.70. The molecule has 6 nitrogen and oxygen atoms in total. The number of amides is 1. The van der Waals surface area contributed by atoms with Crippen LogP contribution in [0.3, 0.4) is 0 Å². The number of pyridine rings is 1. The largest absolute Gasteiger partial charge is 0.433 e. The van der Waals surface area contributed by atoms with Crippen molar-refractivity contribution in [3.05, 3.63) is 87.9 Å². The minimum absolute atomic E-state index is 0.215. The van der Waals surface area contributed by atoms with Gasteiger partial charge in [-0.05, 0) is 37.6 Å². The number of carbonyl (C=O) groups excluding carboxylic acids is 1. The fraction of sp³-hybridized carbons (Fsp3) is 0.167. The molecule has 2 heterocycles. The number of anilines is 1. The van der Waals surface area contributed by atoms with E-state index in [-0.39, 0.29) is 17.6 Å². The van der Waals surface area contributed by atoms with Gasteiger partial charge in [0.25, 0.3) is 5.91 Å². The van der Waals surface area contributed by atoms with Gasteiger partial charge in [0, 0.05) is 11.5 Å². The van der Waals surface area contributed by atoms with Crippen LogP contribution in [-0.2, 0) is 12.7 Å². The Hall–Kier alpha value is -4.33. The van der Waals surface area contributed by atoms with E-state index in [4.69, 9.17) is 0 Å². The molecule has 0 saturated heterocycles. The van der Waals surface area contributed by atoms with Gasteiger partial charge in [-0.3, -0.25) is 9.48 Å². The number of alkyl halides is 3. The number of benzene rings is 2. The molecule has 1 amide bonds. The first-order chi connectivity index (χ1) is 16.5.